The SMILES string of the molecule is CC1CC(C)C(C)N(S(=O)(=O)CCl)C1. The summed E-state index contributed by atoms with van der Waals surface area (Å²) in [5.74, 6) is 0.843. The van der Waals surface area contributed by atoms with Gasteiger partial charge in [0.1, 0.15) is 5.21 Å². The third-order valence-corrected chi connectivity index (χ3v) is 5.34. The minimum Gasteiger partial charge on any atom is -0.211 e. The minimum absolute atomic E-state index is 0.0787. The van der Waals surface area contributed by atoms with Crippen LogP contribution in [-0.4, -0.2) is 30.5 Å². The van der Waals surface area contributed by atoms with Gasteiger partial charge in [-0.1, -0.05) is 13.8 Å². The molecule has 1 saturated heterocycles. The van der Waals surface area contributed by atoms with Gasteiger partial charge in [-0.2, -0.15) is 4.31 Å². The fourth-order valence-corrected chi connectivity index (χ4v) is 3.79. The molecular formula is C9H18ClNO2S. The van der Waals surface area contributed by atoms with Gasteiger partial charge >= 0.3 is 0 Å². The summed E-state index contributed by atoms with van der Waals surface area (Å²) >= 11 is 5.46. The molecule has 0 aromatic heterocycles. The van der Waals surface area contributed by atoms with Crippen LogP contribution in [0.2, 0.25) is 0 Å². The van der Waals surface area contributed by atoms with Gasteiger partial charge in [0.15, 0.2) is 0 Å². The summed E-state index contributed by atoms with van der Waals surface area (Å²) in [5, 5.41) is -0.309. The van der Waals surface area contributed by atoms with Gasteiger partial charge in [0.05, 0.1) is 0 Å². The molecule has 1 aliphatic rings. The molecule has 0 saturated carbocycles. The van der Waals surface area contributed by atoms with Crippen molar-refractivity contribution in [2.24, 2.45) is 11.8 Å². The second-order valence-corrected chi connectivity index (χ2v) is 6.86. The molecule has 0 N–H and O–H groups in total. The van der Waals surface area contributed by atoms with Crippen molar-refractivity contribution in [1.82, 2.24) is 4.31 Å². The van der Waals surface area contributed by atoms with Crippen molar-refractivity contribution in [3.8, 4) is 0 Å². The number of nitrogens with zero attached hydrogens (tertiary/aromatic N) is 1. The molecule has 0 radical (unpaired) electrons. The van der Waals surface area contributed by atoms with Crippen LogP contribution in [0.5, 0.6) is 0 Å². The van der Waals surface area contributed by atoms with E-state index in [2.05, 4.69) is 13.8 Å². The van der Waals surface area contributed by atoms with Crippen LogP contribution in [-0.2, 0) is 10.0 Å². The van der Waals surface area contributed by atoms with E-state index in [4.69, 9.17) is 11.6 Å². The van der Waals surface area contributed by atoms with Crippen LogP contribution in [0, 0.1) is 11.8 Å². The van der Waals surface area contributed by atoms with E-state index in [0.717, 1.165) is 6.42 Å². The summed E-state index contributed by atoms with van der Waals surface area (Å²) in [6.45, 7) is 6.75. The molecule has 0 spiro atoms. The molecule has 1 heterocycles. The Kier molecular flexibility index (Phi) is 3.83. The summed E-state index contributed by atoms with van der Waals surface area (Å²) in [7, 11) is -3.24. The quantitative estimate of drug-likeness (QED) is 0.690. The molecule has 3 atom stereocenters. The fourth-order valence-electron chi connectivity index (χ4n) is 2.09. The monoisotopic (exact) mass is 239 g/mol. The zero-order valence-corrected chi connectivity index (χ0v) is 10.5. The largest absolute Gasteiger partial charge is 0.228 e. The smallest absolute Gasteiger partial charge is 0.211 e. The Bertz CT molecular complexity index is 291. The van der Waals surface area contributed by atoms with Gasteiger partial charge in [0, 0.05) is 12.6 Å². The molecular weight excluding hydrogens is 222 g/mol. The lowest BCUT2D eigenvalue weighted by Gasteiger charge is -2.39. The van der Waals surface area contributed by atoms with Gasteiger partial charge < -0.3 is 0 Å². The van der Waals surface area contributed by atoms with Crippen LogP contribution in [0.3, 0.4) is 0 Å². The van der Waals surface area contributed by atoms with Crippen molar-refractivity contribution in [2.75, 3.05) is 11.8 Å². The predicted molar refractivity (Wildman–Crippen MR) is 58.8 cm³/mol. The Labute approximate surface area is 91.5 Å². The normalized spacial score (nSPS) is 35.9. The van der Waals surface area contributed by atoms with E-state index in [9.17, 15) is 8.42 Å². The number of sulfonamides is 1. The fraction of sp³-hybridized carbons (Fsp3) is 1.00. The van der Waals surface area contributed by atoms with E-state index in [0.29, 0.717) is 18.4 Å². The minimum atomic E-state index is -3.24. The molecule has 0 aromatic rings. The third kappa shape index (κ3) is 2.41. The molecule has 5 heteroatoms. The zero-order chi connectivity index (χ0) is 10.9. The van der Waals surface area contributed by atoms with Crippen LogP contribution in [0.1, 0.15) is 27.2 Å². The first-order valence-electron chi connectivity index (χ1n) is 4.94. The molecule has 1 aliphatic heterocycles. The summed E-state index contributed by atoms with van der Waals surface area (Å²) in [5.41, 5.74) is 0. The molecule has 1 rings (SSSR count). The van der Waals surface area contributed by atoms with E-state index in [1.165, 1.54) is 0 Å². The van der Waals surface area contributed by atoms with E-state index >= 15 is 0 Å². The number of piperidine rings is 1. The molecule has 1 fully saturated rings. The van der Waals surface area contributed by atoms with Crippen molar-refractivity contribution in [1.29, 1.82) is 0 Å². The maximum Gasteiger partial charge on any atom is 0.228 e. The van der Waals surface area contributed by atoms with Crippen LogP contribution in [0.4, 0.5) is 0 Å². The van der Waals surface area contributed by atoms with Gasteiger partial charge in [-0.05, 0) is 25.2 Å². The van der Waals surface area contributed by atoms with E-state index in [1.54, 1.807) is 4.31 Å². The second-order valence-electron chi connectivity index (χ2n) is 4.35. The first-order valence-corrected chi connectivity index (χ1v) is 7.08. The molecule has 0 aliphatic carbocycles. The highest BCUT2D eigenvalue weighted by Gasteiger charge is 2.35. The highest BCUT2D eigenvalue weighted by Crippen LogP contribution is 2.29. The van der Waals surface area contributed by atoms with Crippen molar-refractivity contribution < 1.29 is 8.42 Å². The van der Waals surface area contributed by atoms with Crippen molar-refractivity contribution in [2.45, 2.75) is 33.2 Å². The average molecular weight is 240 g/mol. The van der Waals surface area contributed by atoms with Crippen molar-refractivity contribution >= 4 is 21.6 Å². The molecule has 14 heavy (non-hydrogen) atoms. The Morgan fingerprint density at radius 2 is 1.93 bits per heavy atom. The Morgan fingerprint density at radius 1 is 1.36 bits per heavy atom. The highest BCUT2D eigenvalue weighted by molar-refractivity contribution is 7.90. The highest BCUT2D eigenvalue weighted by atomic mass is 35.5. The number of hydrogen-bond acceptors (Lipinski definition) is 2. The summed E-state index contributed by atoms with van der Waals surface area (Å²) in [6.07, 6.45) is 1.09. The van der Waals surface area contributed by atoms with E-state index < -0.39 is 10.0 Å². The number of halogens is 1. The molecule has 84 valence electrons. The Balaban J connectivity index is 2.87. The van der Waals surface area contributed by atoms with E-state index in [1.807, 2.05) is 6.92 Å². The van der Waals surface area contributed by atoms with Gasteiger partial charge in [-0.15, -0.1) is 11.6 Å². The Hall–Kier alpha value is 0.200. The van der Waals surface area contributed by atoms with E-state index in [-0.39, 0.29) is 11.3 Å². The van der Waals surface area contributed by atoms with Crippen molar-refractivity contribution in [3.05, 3.63) is 0 Å². The van der Waals surface area contributed by atoms with Gasteiger partial charge in [0.25, 0.3) is 0 Å². The van der Waals surface area contributed by atoms with Gasteiger partial charge in [0.2, 0.25) is 10.0 Å². The summed E-state index contributed by atoms with van der Waals surface area (Å²) in [4.78, 5) is 0. The zero-order valence-electron chi connectivity index (χ0n) is 8.90. The summed E-state index contributed by atoms with van der Waals surface area (Å²) in [6, 6.07) is 0.0787. The van der Waals surface area contributed by atoms with Crippen molar-refractivity contribution in [3.63, 3.8) is 0 Å². The molecule has 0 aromatic carbocycles. The first kappa shape index (κ1) is 12.3. The number of rotatable bonds is 2. The van der Waals surface area contributed by atoms with Crippen LogP contribution in [0.25, 0.3) is 0 Å². The lowest BCUT2D eigenvalue weighted by Crippen LogP contribution is -2.49. The van der Waals surface area contributed by atoms with Crippen LogP contribution >= 0.6 is 11.6 Å². The lowest BCUT2D eigenvalue weighted by atomic mass is 9.88. The summed E-state index contributed by atoms with van der Waals surface area (Å²) < 4.78 is 24.9. The molecule has 3 unspecified atom stereocenters. The lowest BCUT2D eigenvalue weighted by molar-refractivity contribution is 0.158. The predicted octanol–water partition coefficient (Wildman–Crippen LogP) is 1.88. The second kappa shape index (κ2) is 4.37. The van der Waals surface area contributed by atoms with Crippen LogP contribution < -0.4 is 0 Å². The molecule has 3 nitrogen and oxygen atoms in total. The molecule has 0 amide bonds. The van der Waals surface area contributed by atoms with Gasteiger partial charge in [-0.25, -0.2) is 8.42 Å². The topological polar surface area (TPSA) is 37.4 Å². The molecule has 0 bridgehead atoms. The third-order valence-electron chi connectivity index (χ3n) is 3.04. The first-order chi connectivity index (χ1) is 6.38. The standard InChI is InChI=1S/C9H18ClNO2S/c1-7-4-8(2)9(3)11(5-7)14(12,13)6-10/h7-9H,4-6H2,1-3H3. The number of alkyl halides is 1. The number of hydrogen-bond donors (Lipinski definition) is 0. The maximum atomic E-state index is 11.6. The Morgan fingerprint density at radius 3 is 2.43 bits per heavy atom. The average Bonchev–Trinajstić information content (AvgIpc) is 2.11. The van der Waals surface area contributed by atoms with Gasteiger partial charge in [-0.3, -0.25) is 0 Å². The van der Waals surface area contributed by atoms with Crippen LogP contribution in [0.15, 0.2) is 0 Å². The maximum absolute atomic E-state index is 11.6.